The number of aliphatic hydroxyl groups excluding tert-OH is 1. The lowest BCUT2D eigenvalue weighted by atomic mass is 9.84. The molecule has 0 saturated carbocycles. The van der Waals surface area contributed by atoms with Crippen LogP contribution < -0.4 is 10.9 Å². The van der Waals surface area contributed by atoms with Crippen LogP contribution in [0.5, 0.6) is 5.75 Å². The molecule has 0 saturated heterocycles. The maximum Gasteiger partial charge on any atom is 0.197 e. The normalized spacial score (nSPS) is 12.5. The molecule has 25 heavy (non-hydrogen) atoms. The number of carbonyl (C=O) groups excluding carboxylic acids is 1. The molecule has 0 fully saturated rings. The fraction of sp³-hybridized carbons (Fsp3) is 0.118. The van der Waals surface area contributed by atoms with Crippen LogP contribution in [0.4, 0.5) is 0 Å². The molecule has 4 radical (unpaired) electrons. The van der Waals surface area contributed by atoms with Gasteiger partial charge in [0.2, 0.25) is 0 Å². The van der Waals surface area contributed by atoms with Crippen LogP contribution in [-0.4, -0.2) is 31.7 Å². The van der Waals surface area contributed by atoms with Crippen molar-refractivity contribution < 1.29 is 19.4 Å². The minimum atomic E-state index is -1.02. The van der Waals surface area contributed by atoms with E-state index in [9.17, 15) is 15.0 Å². The lowest BCUT2D eigenvalue weighted by Crippen LogP contribution is -2.14. The van der Waals surface area contributed by atoms with Gasteiger partial charge < -0.3 is 14.6 Å². The zero-order chi connectivity index (χ0) is 18.5. The molecular formula is C17H10B2Br2O4. The third-order valence-corrected chi connectivity index (χ3v) is 4.96. The number of aliphatic hydroxyl groups is 1. The number of carbonyl (C=O) groups is 1. The first-order chi connectivity index (χ1) is 11.7. The second kappa shape index (κ2) is 6.67. The Labute approximate surface area is 163 Å². The molecule has 1 aromatic heterocycles. The van der Waals surface area contributed by atoms with Crippen molar-refractivity contribution in [3.63, 3.8) is 0 Å². The highest BCUT2D eigenvalue weighted by molar-refractivity contribution is 9.11. The smallest absolute Gasteiger partial charge is 0.197 e. The fourth-order valence-electron chi connectivity index (χ4n) is 2.64. The van der Waals surface area contributed by atoms with Gasteiger partial charge in [0.25, 0.3) is 0 Å². The van der Waals surface area contributed by atoms with E-state index in [2.05, 4.69) is 31.9 Å². The van der Waals surface area contributed by atoms with Crippen LogP contribution in [0.2, 0.25) is 0 Å². The Balaban J connectivity index is 2.30. The topological polar surface area (TPSA) is 70.7 Å². The predicted octanol–water partition coefficient (Wildman–Crippen LogP) is 2.54. The predicted molar refractivity (Wildman–Crippen MR) is 105 cm³/mol. The van der Waals surface area contributed by atoms with Crippen molar-refractivity contribution in [2.24, 2.45) is 0 Å². The molecule has 1 heterocycles. The number of hydrogen-bond donors (Lipinski definition) is 2. The van der Waals surface area contributed by atoms with E-state index in [0.717, 1.165) is 0 Å². The summed E-state index contributed by atoms with van der Waals surface area (Å²) in [4.78, 5) is 13.1. The molecular weight excluding hydrogens is 450 g/mol. The van der Waals surface area contributed by atoms with Crippen molar-refractivity contribution in [2.75, 3.05) is 0 Å². The number of benzene rings is 2. The molecule has 8 heteroatoms. The summed E-state index contributed by atoms with van der Waals surface area (Å²) in [6.45, 7) is 1.50. The van der Waals surface area contributed by atoms with E-state index < -0.39 is 6.10 Å². The molecule has 2 N–H and O–H groups in total. The summed E-state index contributed by atoms with van der Waals surface area (Å²) in [5.74, 6) is -0.295. The number of ketones is 1. The number of halogens is 2. The van der Waals surface area contributed by atoms with Gasteiger partial charge in [-0.1, -0.05) is 23.1 Å². The van der Waals surface area contributed by atoms with E-state index in [4.69, 9.17) is 20.1 Å². The van der Waals surface area contributed by atoms with Gasteiger partial charge in [-0.2, -0.15) is 0 Å². The Morgan fingerprint density at radius 3 is 2.32 bits per heavy atom. The number of hydrogen-bond acceptors (Lipinski definition) is 4. The Hall–Kier alpha value is -1.50. The van der Waals surface area contributed by atoms with Crippen LogP contribution in [0.3, 0.4) is 0 Å². The lowest BCUT2D eigenvalue weighted by molar-refractivity contribution is 0.102. The molecule has 2 aromatic carbocycles. The number of rotatable bonds is 3. The maximum absolute atomic E-state index is 13.1. The van der Waals surface area contributed by atoms with Crippen LogP contribution in [0.15, 0.2) is 37.6 Å². The van der Waals surface area contributed by atoms with E-state index in [1.807, 2.05) is 0 Å². The van der Waals surface area contributed by atoms with E-state index in [0.29, 0.717) is 30.9 Å². The molecule has 1 atom stereocenters. The standard InChI is InChI=1S/C17H10B2Br2O4/c1-6(22)16-13(9-4-8(18)5-10(19)17(9)25-16)14(23)7-2-11(20)15(24)12(21)3-7/h2-6,22,24H,1H3. The first-order valence-electron chi connectivity index (χ1n) is 7.22. The quantitative estimate of drug-likeness (QED) is 0.466. The van der Waals surface area contributed by atoms with Gasteiger partial charge >= 0.3 is 0 Å². The van der Waals surface area contributed by atoms with Gasteiger partial charge in [0.05, 0.1) is 14.5 Å². The van der Waals surface area contributed by atoms with Gasteiger partial charge in [0.15, 0.2) is 5.78 Å². The minimum Gasteiger partial charge on any atom is -0.506 e. The van der Waals surface area contributed by atoms with Crippen LogP contribution >= 0.6 is 31.9 Å². The van der Waals surface area contributed by atoms with Crippen LogP contribution in [0.25, 0.3) is 11.0 Å². The van der Waals surface area contributed by atoms with Gasteiger partial charge in [0.1, 0.15) is 38.9 Å². The number of aromatic hydroxyl groups is 1. The summed E-state index contributed by atoms with van der Waals surface area (Å²) in [6, 6.07) is 6.09. The minimum absolute atomic E-state index is 0.0159. The van der Waals surface area contributed by atoms with Crippen molar-refractivity contribution in [3.8, 4) is 5.75 Å². The Morgan fingerprint density at radius 2 is 1.76 bits per heavy atom. The second-order valence-corrected chi connectivity index (χ2v) is 7.33. The fourth-order valence-corrected chi connectivity index (χ4v) is 3.82. The molecule has 0 aliphatic heterocycles. The Morgan fingerprint density at radius 1 is 1.16 bits per heavy atom. The molecule has 0 amide bonds. The van der Waals surface area contributed by atoms with Crippen molar-refractivity contribution in [3.05, 3.63) is 50.1 Å². The third-order valence-electron chi connectivity index (χ3n) is 3.75. The summed E-state index contributed by atoms with van der Waals surface area (Å²) < 4.78 is 6.36. The SMILES string of the molecule is [B]c1cc([B])c2oc(C(C)O)c(C(=O)c3cc(Br)c(O)c(Br)c3)c2c1. The Kier molecular flexibility index (Phi) is 4.88. The van der Waals surface area contributed by atoms with Crippen molar-refractivity contribution in [1.29, 1.82) is 0 Å². The largest absolute Gasteiger partial charge is 0.506 e. The zero-order valence-corrected chi connectivity index (χ0v) is 16.2. The highest BCUT2D eigenvalue weighted by Crippen LogP contribution is 2.36. The molecule has 0 aliphatic carbocycles. The number of fused-ring (bicyclic) bond motifs is 1. The summed E-state index contributed by atoms with van der Waals surface area (Å²) >= 11 is 6.41. The van der Waals surface area contributed by atoms with E-state index in [1.165, 1.54) is 25.1 Å². The van der Waals surface area contributed by atoms with E-state index in [-0.39, 0.29) is 28.3 Å². The highest BCUT2D eigenvalue weighted by Gasteiger charge is 2.26. The van der Waals surface area contributed by atoms with E-state index in [1.54, 1.807) is 6.07 Å². The summed E-state index contributed by atoms with van der Waals surface area (Å²) in [5.41, 5.74) is 1.44. The van der Waals surface area contributed by atoms with Crippen molar-refractivity contribution >= 4 is 75.2 Å². The number of phenolic OH excluding ortho intramolecular Hbond substituents is 1. The molecule has 0 spiro atoms. The molecule has 4 nitrogen and oxygen atoms in total. The van der Waals surface area contributed by atoms with Gasteiger partial charge in [-0.05, 0) is 50.9 Å². The molecule has 0 bridgehead atoms. The van der Waals surface area contributed by atoms with Gasteiger partial charge in [-0.3, -0.25) is 4.79 Å². The van der Waals surface area contributed by atoms with Gasteiger partial charge in [-0.25, -0.2) is 0 Å². The monoisotopic (exact) mass is 458 g/mol. The van der Waals surface area contributed by atoms with Crippen molar-refractivity contribution in [2.45, 2.75) is 13.0 Å². The maximum atomic E-state index is 13.1. The van der Waals surface area contributed by atoms with Crippen LogP contribution in [0, 0.1) is 0 Å². The van der Waals surface area contributed by atoms with Gasteiger partial charge in [0, 0.05) is 10.9 Å². The third kappa shape index (κ3) is 3.18. The number of phenols is 1. The molecule has 1 unspecified atom stereocenters. The highest BCUT2D eigenvalue weighted by atomic mass is 79.9. The molecule has 0 aliphatic rings. The Bertz CT molecular complexity index is 989. The average molecular weight is 460 g/mol. The summed E-state index contributed by atoms with van der Waals surface area (Å²) in [7, 11) is 11.8. The van der Waals surface area contributed by atoms with E-state index >= 15 is 0 Å². The van der Waals surface area contributed by atoms with Crippen molar-refractivity contribution in [1.82, 2.24) is 0 Å². The van der Waals surface area contributed by atoms with Crippen LogP contribution in [0.1, 0.15) is 34.7 Å². The first kappa shape index (κ1) is 18.3. The lowest BCUT2D eigenvalue weighted by Gasteiger charge is -2.08. The van der Waals surface area contributed by atoms with Gasteiger partial charge in [-0.15, -0.1) is 0 Å². The molecule has 3 aromatic rings. The average Bonchev–Trinajstić information content (AvgIpc) is 2.91. The summed E-state index contributed by atoms with van der Waals surface area (Å²) in [6.07, 6.45) is -1.02. The molecule has 3 rings (SSSR count). The summed E-state index contributed by atoms with van der Waals surface area (Å²) in [5, 5.41) is 20.3. The zero-order valence-electron chi connectivity index (χ0n) is 13.0. The first-order valence-corrected chi connectivity index (χ1v) is 8.81. The molecule has 122 valence electrons. The number of furan rings is 1. The van der Waals surface area contributed by atoms with Crippen LogP contribution in [-0.2, 0) is 0 Å². The second-order valence-electron chi connectivity index (χ2n) is 5.62.